The van der Waals surface area contributed by atoms with E-state index in [9.17, 15) is 4.79 Å². The third-order valence-corrected chi connectivity index (χ3v) is 5.60. The maximum atomic E-state index is 12.4. The van der Waals surface area contributed by atoms with Gasteiger partial charge in [-0.15, -0.1) is 11.7 Å². The van der Waals surface area contributed by atoms with Crippen molar-refractivity contribution in [3.8, 4) is 0 Å². The molecule has 1 aromatic heterocycles. The Morgan fingerprint density at radius 1 is 1.35 bits per heavy atom. The molecule has 1 fully saturated rings. The number of anilines is 2. The molecule has 8 heteroatoms. The number of amides is 1. The van der Waals surface area contributed by atoms with Crippen molar-refractivity contribution in [2.24, 2.45) is 5.92 Å². The first kappa shape index (κ1) is 18.8. The van der Waals surface area contributed by atoms with Crippen LogP contribution in [0.5, 0.6) is 0 Å². The van der Waals surface area contributed by atoms with Crippen molar-refractivity contribution in [2.45, 2.75) is 19.5 Å². The highest BCUT2D eigenvalue weighted by molar-refractivity contribution is 7.73. The lowest BCUT2D eigenvalue weighted by Crippen LogP contribution is -2.39. The number of hydrogen-bond donors (Lipinski definition) is 2. The number of nitrogens with one attached hydrogen (secondary N) is 2. The Hall–Kier alpha value is -2.03. The molecule has 1 aliphatic rings. The summed E-state index contributed by atoms with van der Waals surface area (Å²) in [4.78, 5) is 14.7. The fraction of sp³-hybridized carbons (Fsp3) is 0.389. The fourth-order valence-corrected chi connectivity index (χ4v) is 3.92. The van der Waals surface area contributed by atoms with Crippen LogP contribution in [0.4, 0.5) is 10.8 Å². The number of nitrogens with zero attached hydrogens (tertiary/aromatic N) is 3. The average molecular weight is 390 g/mol. The molecule has 1 saturated heterocycles. The van der Waals surface area contributed by atoms with Gasteiger partial charge in [0.25, 0.3) is 0 Å². The number of rotatable bonds is 7. The first-order valence-corrected chi connectivity index (χ1v) is 9.89. The van der Waals surface area contributed by atoms with Crippen molar-refractivity contribution >= 4 is 40.3 Å². The third-order valence-electron chi connectivity index (χ3n) is 4.34. The molecule has 2 N–H and O–H groups in total. The van der Waals surface area contributed by atoms with Crippen LogP contribution in [0.2, 0.25) is 0 Å². The molecule has 1 amide bonds. The van der Waals surface area contributed by atoms with Gasteiger partial charge < -0.3 is 10.6 Å². The second kappa shape index (κ2) is 9.07. The lowest BCUT2D eigenvalue weighted by molar-refractivity contribution is -0.121. The van der Waals surface area contributed by atoms with Gasteiger partial charge in [-0.3, -0.25) is 9.69 Å². The summed E-state index contributed by atoms with van der Waals surface area (Å²) in [6, 6.07) is 9.61. The Morgan fingerprint density at radius 2 is 2.08 bits per heavy atom. The monoisotopic (exact) mass is 389 g/mol. The fourth-order valence-electron chi connectivity index (χ4n) is 2.92. The molecule has 1 aromatic carbocycles. The van der Waals surface area contributed by atoms with Crippen molar-refractivity contribution in [3.63, 3.8) is 0 Å². The van der Waals surface area contributed by atoms with Crippen LogP contribution in [-0.2, 0) is 11.5 Å². The Bertz CT molecular complexity index is 793. The molecule has 0 spiro atoms. The number of para-hydroxylation sites is 1. The zero-order chi connectivity index (χ0) is 18.4. The van der Waals surface area contributed by atoms with Crippen molar-refractivity contribution in [3.05, 3.63) is 46.9 Å². The smallest absolute Gasteiger partial charge is 0.227 e. The van der Waals surface area contributed by atoms with Crippen molar-refractivity contribution in [1.29, 1.82) is 0 Å². The molecule has 6 nitrogen and oxygen atoms in total. The molecule has 0 aliphatic carbocycles. The molecule has 0 radical (unpaired) electrons. The molecule has 26 heavy (non-hydrogen) atoms. The van der Waals surface area contributed by atoms with Gasteiger partial charge in [-0.2, -0.15) is 0 Å². The SMILES string of the molecule is C=CCNc1nn(CN2CCC(C(=O)Nc3ccccc3)CC2)c(=S)s1. The number of aromatic nitrogens is 2. The maximum absolute atomic E-state index is 12.4. The highest BCUT2D eigenvalue weighted by Gasteiger charge is 2.25. The standard InChI is InChI=1S/C18H23N5OS2/c1-2-10-19-17-21-23(18(25)26-17)13-22-11-8-14(9-12-22)16(24)20-15-6-4-3-5-7-15/h2-7,14H,1,8-13H2,(H,19,21)(H,20,24). The van der Waals surface area contributed by atoms with Gasteiger partial charge in [-0.25, -0.2) is 4.68 Å². The van der Waals surface area contributed by atoms with Crippen LogP contribution < -0.4 is 10.6 Å². The van der Waals surface area contributed by atoms with Crippen molar-refractivity contribution in [2.75, 3.05) is 30.3 Å². The van der Waals surface area contributed by atoms with Crippen molar-refractivity contribution < 1.29 is 4.79 Å². The first-order chi connectivity index (χ1) is 12.7. The zero-order valence-corrected chi connectivity index (χ0v) is 16.2. The lowest BCUT2D eigenvalue weighted by atomic mass is 9.96. The molecule has 138 valence electrons. The minimum absolute atomic E-state index is 0.0553. The minimum Gasteiger partial charge on any atom is -0.357 e. The molecule has 1 aliphatic heterocycles. The first-order valence-electron chi connectivity index (χ1n) is 8.66. The van der Waals surface area contributed by atoms with Crippen LogP contribution in [0, 0.1) is 9.87 Å². The van der Waals surface area contributed by atoms with Gasteiger partial charge in [-0.1, -0.05) is 35.6 Å². The summed E-state index contributed by atoms with van der Waals surface area (Å²) >= 11 is 6.86. The molecular weight excluding hydrogens is 366 g/mol. The molecule has 0 saturated carbocycles. The topological polar surface area (TPSA) is 62.2 Å². The van der Waals surface area contributed by atoms with Crippen LogP contribution >= 0.6 is 23.6 Å². The number of piperidine rings is 1. The number of benzene rings is 1. The Morgan fingerprint density at radius 3 is 2.77 bits per heavy atom. The van der Waals surface area contributed by atoms with E-state index in [1.165, 1.54) is 11.3 Å². The van der Waals surface area contributed by atoms with Gasteiger partial charge in [0, 0.05) is 31.2 Å². The largest absolute Gasteiger partial charge is 0.357 e. The zero-order valence-electron chi connectivity index (χ0n) is 14.6. The van der Waals surface area contributed by atoms with E-state index in [1.807, 2.05) is 35.0 Å². The summed E-state index contributed by atoms with van der Waals surface area (Å²) in [5, 5.41) is 11.5. The van der Waals surface area contributed by atoms with E-state index in [2.05, 4.69) is 27.2 Å². The summed E-state index contributed by atoms with van der Waals surface area (Å²) < 4.78 is 2.59. The molecule has 0 atom stereocenters. The second-order valence-electron chi connectivity index (χ2n) is 6.23. The maximum Gasteiger partial charge on any atom is 0.227 e. The van der Waals surface area contributed by atoms with Gasteiger partial charge in [0.05, 0.1) is 6.67 Å². The van der Waals surface area contributed by atoms with E-state index in [-0.39, 0.29) is 11.8 Å². The molecule has 3 rings (SSSR count). The molecule has 2 aromatic rings. The third kappa shape index (κ3) is 5.00. The van der Waals surface area contributed by atoms with Crippen LogP contribution in [0.1, 0.15) is 12.8 Å². The predicted molar refractivity (Wildman–Crippen MR) is 109 cm³/mol. The molecular formula is C18H23N5OS2. The van der Waals surface area contributed by atoms with E-state index < -0.39 is 0 Å². The van der Waals surface area contributed by atoms with E-state index in [0.29, 0.717) is 13.2 Å². The summed E-state index contributed by atoms with van der Waals surface area (Å²) in [5.74, 6) is 0.164. The highest BCUT2D eigenvalue weighted by Crippen LogP contribution is 2.21. The highest BCUT2D eigenvalue weighted by atomic mass is 32.1. The van der Waals surface area contributed by atoms with Crippen LogP contribution in [0.15, 0.2) is 43.0 Å². The Labute approximate surface area is 162 Å². The average Bonchev–Trinajstić information content (AvgIpc) is 3.01. The molecule has 0 bridgehead atoms. The van der Waals surface area contributed by atoms with Gasteiger partial charge in [0.2, 0.25) is 11.0 Å². The summed E-state index contributed by atoms with van der Waals surface area (Å²) in [6.07, 6.45) is 3.48. The van der Waals surface area contributed by atoms with Crippen molar-refractivity contribution in [1.82, 2.24) is 14.7 Å². The summed E-state index contributed by atoms with van der Waals surface area (Å²) in [5.41, 5.74) is 0.855. The minimum atomic E-state index is 0.0553. The van der Waals surface area contributed by atoms with E-state index >= 15 is 0 Å². The van der Waals surface area contributed by atoms with Gasteiger partial charge in [0.1, 0.15) is 0 Å². The number of likely N-dealkylation sites (tertiary alicyclic amines) is 1. The number of hydrogen-bond acceptors (Lipinski definition) is 6. The summed E-state index contributed by atoms with van der Waals surface area (Å²) in [7, 11) is 0. The van der Waals surface area contributed by atoms with Crippen LogP contribution in [0.3, 0.4) is 0 Å². The summed E-state index contributed by atoms with van der Waals surface area (Å²) in [6.45, 7) is 6.75. The Kier molecular flexibility index (Phi) is 6.54. The lowest BCUT2D eigenvalue weighted by Gasteiger charge is -2.30. The van der Waals surface area contributed by atoms with Gasteiger partial charge in [0.15, 0.2) is 3.95 Å². The predicted octanol–water partition coefficient (Wildman–Crippen LogP) is 3.58. The normalized spacial score (nSPS) is 15.5. The second-order valence-corrected chi connectivity index (χ2v) is 7.85. The number of carbonyl (C=O) groups excluding carboxylic acids is 1. The van der Waals surface area contributed by atoms with Gasteiger partial charge in [-0.05, 0) is 37.2 Å². The van der Waals surface area contributed by atoms with Gasteiger partial charge >= 0.3 is 0 Å². The van der Waals surface area contributed by atoms with E-state index in [0.717, 1.165) is 40.7 Å². The molecule has 0 unspecified atom stereocenters. The van der Waals surface area contributed by atoms with E-state index in [4.69, 9.17) is 12.2 Å². The quantitative estimate of drug-likeness (QED) is 0.560. The molecule has 2 heterocycles. The van der Waals surface area contributed by atoms with Crippen LogP contribution in [-0.4, -0.2) is 40.2 Å². The van der Waals surface area contributed by atoms with Crippen LogP contribution in [0.25, 0.3) is 0 Å². The number of carbonyl (C=O) groups is 1. The van der Waals surface area contributed by atoms with E-state index in [1.54, 1.807) is 6.08 Å². The Balaban J connectivity index is 1.49.